The molecule has 5 fully saturated rings. The van der Waals surface area contributed by atoms with E-state index in [9.17, 15) is 18.8 Å². The van der Waals surface area contributed by atoms with Crippen LogP contribution in [0.3, 0.4) is 0 Å². The highest BCUT2D eigenvalue weighted by Gasteiger charge is 2.65. The van der Waals surface area contributed by atoms with Crippen LogP contribution >= 0.6 is 22.9 Å². The quantitative estimate of drug-likeness (QED) is 0.169. The molecule has 4 aliphatic heterocycles. The van der Waals surface area contributed by atoms with E-state index < -0.39 is 35.5 Å². The third-order valence-corrected chi connectivity index (χ3v) is 14.7. The number of benzene rings is 2. The number of nitrogens with zero attached hydrogens (tertiary/aromatic N) is 9. The Morgan fingerprint density at radius 3 is 2.71 bits per heavy atom. The van der Waals surface area contributed by atoms with E-state index in [0.29, 0.717) is 43.8 Å². The zero-order chi connectivity index (χ0) is 40.3. The lowest BCUT2D eigenvalue weighted by atomic mass is 9.63. The van der Waals surface area contributed by atoms with E-state index in [0.717, 1.165) is 73.8 Å². The van der Waals surface area contributed by atoms with Crippen molar-refractivity contribution < 1.29 is 27.1 Å². The van der Waals surface area contributed by atoms with Crippen molar-refractivity contribution in [3.8, 4) is 23.2 Å². The fourth-order valence-electron chi connectivity index (χ4n) is 10.7. The average Bonchev–Trinajstić information content (AvgIpc) is 3.40. The van der Waals surface area contributed by atoms with Crippen LogP contribution in [0.15, 0.2) is 24.5 Å². The van der Waals surface area contributed by atoms with Crippen LogP contribution < -0.4 is 15.4 Å². The number of carbonyl (C=O) groups excluding carboxylic acids is 1. The number of nitrogen functional groups attached to an aromatic ring is 1. The number of carbonyl (C=O) groups is 1. The molecule has 12 nitrogen and oxygen atoms in total. The average molecular weight is 835 g/mol. The summed E-state index contributed by atoms with van der Waals surface area (Å²) in [5.41, 5.74) is 5.12. The van der Waals surface area contributed by atoms with Crippen molar-refractivity contribution in [3.63, 3.8) is 0 Å². The first-order valence-corrected chi connectivity index (χ1v) is 20.8. The molecule has 1 spiro atoms. The summed E-state index contributed by atoms with van der Waals surface area (Å²) in [6.45, 7) is 4.78. The van der Waals surface area contributed by atoms with Gasteiger partial charge in [0.1, 0.15) is 47.3 Å². The molecule has 7 heterocycles. The van der Waals surface area contributed by atoms with Gasteiger partial charge >= 0.3 is 18.1 Å². The lowest BCUT2D eigenvalue weighted by molar-refractivity contribution is -0.0766. The molecule has 3 aromatic heterocycles. The highest BCUT2D eigenvalue weighted by atomic mass is 35.5. The summed E-state index contributed by atoms with van der Waals surface area (Å²) < 4.78 is 68.6. The van der Waals surface area contributed by atoms with Crippen LogP contribution in [-0.2, 0) is 0 Å². The molecule has 5 aromatic rings. The van der Waals surface area contributed by atoms with Crippen molar-refractivity contribution in [2.24, 2.45) is 10.8 Å². The van der Waals surface area contributed by atoms with Gasteiger partial charge in [-0.15, -0.1) is 16.4 Å². The van der Waals surface area contributed by atoms with E-state index >= 15 is 8.78 Å². The summed E-state index contributed by atoms with van der Waals surface area (Å²) in [4.78, 5) is 32.8. The minimum Gasteiger partial charge on any atom is -0.461 e. The molecule has 302 valence electrons. The van der Waals surface area contributed by atoms with Crippen LogP contribution in [0.2, 0.25) is 5.02 Å². The molecular weight excluding hydrogens is 796 g/mol. The van der Waals surface area contributed by atoms with Crippen molar-refractivity contribution in [1.29, 1.82) is 5.26 Å². The number of anilines is 2. The Morgan fingerprint density at radius 1 is 1.12 bits per heavy atom. The maximum atomic E-state index is 17.5. The lowest BCUT2D eigenvalue weighted by Gasteiger charge is -2.60. The Balaban J connectivity index is 1.09. The van der Waals surface area contributed by atoms with Crippen LogP contribution in [0, 0.1) is 39.9 Å². The maximum absolute atomic E-state index is 17.5. The molecule has 58 heavy (non-hydrogen) atoms. The number of nitriles is 1. The predicted octanol–water partition coefficient (Wildman–Crippen LogP) is 7.71. The summed E-state index contributed by atoms with van der Waals surface area (Å²) >= 11 is 7.92. The van der Waals surface area contributed by atoms with Crippen molar-refractivity contribution >= 4 is 60.8 Å². The number of hydrogen-bond acceptors (Lipinski definition) is 11. The molecular formula is C40H39ClF4N10O2S. The Morgan fingerprint density at radius 2 is 1.95 bits per heavy atom. The number of amides is 1. The van der Waals surface area contributed by atoms with Gasteiger partial charge in [0.25, 0.3) is 0 Å². The summed E-state index contributed by atoms with van der Waals surface area (Å²) in [5, 5.41) is 14.2. The topological polar surface area (TPSA) is 142 Å². The van der Waals surface area contributed by atoms with Crippen molar-refractivity contribution in [1.82, 2.24) is 34.5 Å². The number of aromatic nitrogens is 5. The summed E-state index contributed by atoms with van der Waals surface area (Å²) in [5.74, 6) is -1.01. The van der Waals surface area contributed by atoms with Gasteiger partial charge in [-0.3, -0.25) is 4.90 Å². The molecule has 2 aromatic carbocycles. The standard InChI is InChI=1S/C40H39ClF4N10O2S/c1-38(9-10-38)34-39(18-54(34)37(56)55-20-48-35(45)51-55)7-2-3-11-52(17-39)33-23-13-25(41)28(22-5-6-26(43)31-27(22)24(15-46)32(47)58-31)29(44)30(23)49-36(50-33)57-19-40-8-4-12-53(40)16-21(42)14-40/h5-6,13,20-21,34H,2-4,7-12,14,16-19,47H2,1H3/t21-,34-,39-,40+/m1/s1. The van der Waals surface area contributed by atoms with Crippen LogP contribution in [0.1, 0.15) is 63.9 Å². The zero-order valence-electron chi connectivity index (χ0n) is 31.6. The number of nitrogens with two attached hydrogens (primary N) is 1. The highest BCUT2D eigenvalue weighted by molar-refractivity contribution is 7.23. The summed E-state index contributed by atoms with van der Waals surface area (Å²) in [7, 11) is 0. The highest BCUT2D eigenvalue weighted by Crippen LogP contribution is 2.62. The molecule has 10 rings (SSSR count). The van der Waals surface area contributed by atoms with E-state index in [1.165, 1.54) is 12.1 Å². The van der Waals surface area contributed by atoms with Crippen molar-refractivity contribution in [3.05, 3.63) is 52.8 Å². The molecule has 0 bridgehead atoms. The monoisotopic (exact) mass is 834 g/mol. The molecule has 4 saturated heterocycles. The number of ether oxygens (including phenoxy) is 1. The normalized spacial score (nSPS) is 26.6. The van der Waals surface area contributed by atoms with Crippen LogP contribution in [0.5, 0.6) is 6.01 Å². The first kappa shape index (κ1) is 37.5. The van der Waals surface area contributed by atoms with E-state index in [1.54, 1.807) is 11.0 Å². The molecule has 0 radical (unpaired) electrons. The van der Waals surface area contributed by atoms with Crippen LogP contribution in [0.4, 0.5) is 33.2 Å². The van der Waals surface area contributed by atoms with Gasteiger partial charge in [0, 0.05) is 60.4 Å². The second kappa shape index (κ2) is 13.4. The number of alkyl halides is 1. The number of fused-ring (bicyclic) bond motifs is 3. The number of hydrogen-bond donors (Lipinski definition) is 1. The lowest BCUT2D eigenvalue weighted by Crippen LogP contribution is -2.72. The fraction of sp³-hybridized carbons (Fsp3) is 0.500. The molecule has 1 saturated carbocycles. The maximum Gasteiger partial charge on any atom is 0.346 e. The third kappa shape index (κ3) is 5.72. The van der Waals surface area contributed by atoms with Gasteiger partial charge < -0.3 is 20.3 Å². The first-order chi connectivity index (χ1) is 27.8. The molecule has 5 aliphatic rings. The zero-order valence-corrected chi connectivity index (χ0v) is 33.2. The minimum absolute atomic E-state index is 0.00102. The van der Waals surface area contributed by atoms with Crippen molar-refractivity contribution in [2.75, 3.05) is 50.0 Å². The smallest absolute Gasteiger partial charge is 0.346 e. The fourth-order valence-corrected chi connectivity index (χ4v) is 11.9. The van der Waals surface area contributed by atoms with E-state index in [2.05, 4.69) is 31.8 Å². The Bertz CT molecular complexity index is 2580. The van der Waals surface area contributed by atoms with E-state index in [4.69, 9.17) is 27.1 Å². The molecule has 1 amide bonds. The van der Waals surface area contributed by atoms with E-state index in [1.807, 2.05) is 6.07 Å². The number of halogens is 5. The third-order valence-electron chi connectivity index (χ3n) is 13.4. The Labute approximate surface area is 339 Å². The second-order valence-electron chi connectivity index (χ2n) is 17.1. The number of likely N-dealkylation sites (tertiary alicyclic amines) is 1. The largest absolute Gasteiger partial charge is 0.461 e. The molecule has 18 heteroatoms. The SMILES string of the molecule is CC1([C@H]2N(C(=O)n3cnc(F)n3)C[C@]23CCCCN(c2nc(OC[C@@]45CCCN4C[C@H](F)C5)nc4c(F)c(-c5ccc(F)c6sc(N)c(C#N)c56)c(Cl)cc24)C3)CC1. The minimum atomic E-state index is -0.983. The van der Waals surface area contributed by atoms with Crippen LogP contribution in [0.25, 0.3) is 32.1 Å². The Hall–Kier alpha value is -4.79. The first-order valence-electron chi connectivity index (χ1n) is 19.6. The number of rotatable bonds is 6. The second-order valence-corrected chi connectivity index (χ2v) is 18.5. The Kier molecular flexibility index (Phi) is 8.64. The molecule has 1 aliphatic carbocycles. The molecule has 0 unspecified atom stereocenters. The summed E-state index contributed by atoms with van der Waals surface area (Å²) in [6, 6.07) is 5.51. The van der Waals surface area contributed by atoms with Gasteiger partial charge in [-0.2, -0.15) is 29.3 Å². The summed E-state index contributed by atoms with van der Waals surface area (Å²) in [6.07, 6.45) is 5.40. The van der Waals surface area contributed by atoms with Gasteiger partial charge in [0.05, 0.1) is 20.8 Å². The van der Waals surface area contributed by atoms with Gasteiger partial charge in [-0.05, 0) is 68.2 Å². The van der Waals surface area contributed by atoms with Crippen LogP contribution in [-0.4, -0.2) is 97.6 Å². The van der Waals surface area contributed by atoms with Gasteiger partial charge in [-0.25, -0.2) is 18.0 Å². The van der Waals surface area contributed by atoms with Crippen molar-refractivity contribution in [2.45, 2.75) is 76.0 Å². The number of thiophene rings is 1. The molecule has 2 N–H and O–H groups in total. The predicted molar refractivity (Wildman–Crippen MR) is 210 cm³/mol. The molecule has 4 atom stereocenters. The van der Waals surface area contributed by atoms with E-state index in [-0.39, 0.29) is 71.8 Å². The van der Waals surface area contributed by atoms with Gasteiger partial charge in [-0.1, -0.05) is 31.0 Å². The van der Waals surface area contributed by atoms with Gasteiger partial charge in [0.15, 0.2) is 5.82 Å². The van der Waals surface area contributed by atoms with Gasteiger partial charge in [0.2, 0.25) is 0 Å².